The monoisotopic (exact) mass is 896 g/mol. The number of nitrogens with two attached hydrogens (primary N) is 2. The highest BCUT2D eigenvalue weighted by Crippen LogP contribution is 2.23. The molecule has 2 aromatic carbocycles. The highest BCUT2D eigenvalue weighted by atomic mass is 16.7. The fraction of sp³-hybridized carbons (Fsp3) is 0.617. The molecule has 2 amide bonds. The molecule has 1 aliphatic rings. The lowest BCUT2D eigenvalue weighted by Crippen LogP contribution is -2.44. The number of amidine groups is 2. The molecule has 2 aromatic rings. The Kier molecular flexibility index (Phi) is 21.1. The quantitative estimate of drug-likeness (QED) is 0.0301. The number of nitrogens with one attached hydrogen (secondary N) is 2. The lowest BCUT2D eigenvalue weighted by molar-refractivity contribution is -0.147. The number of likely N-dealkylation sites (tertiary alicyclic amines) is 1. The van der Waals surface area contributed by atoms with Crippen molar-refractivity contribution in [3.8, 4) is 11.5 Å². The zero-order valence-corrected chi connectivity index (χ0v) is 39.6. The zero-order valence-electron chi connectivity index (χ0n) is 39.6. The molecule has 0 spiro atoms. The van der Waals surface area contributed by atoms with E-state index in [4.69, 9.17) is 40.1 Å². The molecule has 0 aliphatic carbocycles. The average molecular weight is 896 g/mol. The number of ether oxygens (including phenoxy) is 4. The fourth-order valence-electron chi connectivity index (χ4n) is 6.67. The summed E-state index contributed by atoms with van der Waals surface area (Å²) in [5.41, 5.74) is 11.9. The van der Waals surface area contributed by atoms with Gasteiger partial charge in [0.1, 0.15) is 34.8 Å². The van der Waals surface area contributed by atoms with E-state index in [1.807, 2.05) is 27.7 Å². The maximum absolute atomic E-state index is 12.7. The van der Waals surface area contributed by atoms with E-state index in [0.29, 0.717) is 54.6 Å². The van der Waals surface area contributed by atoms with Gasteiger partial charge in [-0.2, -0.15) is 0 Å². The molecule has 17 nitrogen and oxygen atoms in total. The minimum atomic E-state index is -0.940. The summed E-state index contributed by atoms with van der Waals surface area (Å²) in [5.74, 6) is 0.833. The normalized spacial score (nSPS) is 15.2. The van der Waals surface area contributed by atoms with Gasteiger partial charge in [-0.15, -0.1) is 0 Å². The summed E-state index contributed by atoms with van der Waals surface area (Å²) >= 11 is 0. The second kappa shape index (κ2) is 25.6. The van der Waals surface area contributed by atoms with Crippen LogP contribution >= 0.6 is 0 Å². The summed E-state index contributed by atoms with van der Waals surface area (Å²) < 4.78 is 22.5. The Hall–Kier alpha value is -5.58. The molecule has 356 valence electrons. The molecule has 0 saturated carbocycles. The van der Waals surface area contributed by atoms with Crippen LogP contribution in [0.5, 0.6) is 11.5 Å². The first-order chi connectivity index (χ1) is 30.1. The molecule has 1 aliphatic heterocycles. The van der Waals surface area contributed by atoms with Crippen LogP contribution in [0.15, 0.2) is 58.8 Å². The van der Waals surface area contributed by atoms with Crippen molar-refractivity contribution < 1.29 is 47.8 Å². The number of benzene rings is 2. The first-order valence-corrected chi connectivity index (χ1v) is 22.3. The Bertz CT molecular complexity index is 1700. The summed E-state index contributed by atoms with van der Waals surface area (Å²) in [6.07, 6.45) is 4.48. The Morgan fingerprint density at radius 1 is 0.656 bits per heavy atom. The van der Waals surface area contributed by atoms with E-state index in [1.165, 1.54) is 0 Å². The fourth-order valence-corrected chi connectivity index (χ4v) is 6.67. The minimum absolute atomic E-state index is 0.0169. The van der Waals surface area contributed by atoms with Crippen molar-refractivity contribution in [2.75, 3.05) is 32.8 Å². The van der Waals surface area contributed by atoms with E-state index in [9.17, 15) is 19.2 Å². The van der Waals surface area contributed by atoms with Crippen LogP contribution < -0.4 is 31.6 Å². The molecule has 1 heterocycles. The third-order valence-corrected chi connectivity index (χ3v) is 9.75. The summed E-state index contributed by atoms with van der Waals surface area (Å²) in [5, 5.41) is 12.7. The number of amides is 2. The topological polar surface area (TPSA) is 228 Å². The maximum Gasteiger partial charge on any atom is 0.408 e. The van der Waals surface area contributed by atoms with Gasteiger partial charge in [0.2, 0.25) is 0 Å². The van der Waals surface area contributed by atoms with Gasteiger partial charge in [-0.3, -0.25) is 0 Å². The molecule has 2 atom stereocenters. The molecule has 6 N–H and O–H groups in total. The van der Waals surface area contributed by atoms with E-state index < -0.39 is 47.4 Å². The van der Waals surface area contributed by atoms with Gasteiger partial charge in [0.05, 0.1) is 13.2 Å². The van der Waals surface area contributed by atoms with Crippen LogP contribution in [0.25, 0.3) is 0 Å². The number of hydrogen-bond acceptors (Lipinski definition) is 13. The number of rotatable bonds is 22. The van der Waals surface area contributed by atoms with Gasteiger partial charge in [0.15, 0.2) is 11.7 Å². The summed E-state index contributed by atoms with van der Waals surface area (Å²) in [6, 6.07) is 12.3. The summed E-state index contributed by atoms with van der Waals surface area (Å²) in [4.78, 5) is 62.7. The first kappa shape index (κ1) is 52.8. The molecule has 0 bridgehead atoms. The van der Waals surface area contributed by atoms with E-state index in [-0.39, 0.29) is 23.5 Å². The highest BCUT2D eigenvalue weighted by molar-refractivity contribution is 5.98. The first-order valence-electron chi connectivity index (χ1n) is 22.3. The number of piperidine rings is 1. The van der Waals surface area contributed by atoms with Crippen molar-refractivity contribution in [2.24, 2.45) is 39.5 Å². The number of nitrogens with zero attached hydrogens (tertiary/aromatic N) is 3. The molecule has 0 unspecified atom stereocenters. The van der Waals surface area contributed by atoms with Crippen LogP contribution in [0.2, 0.25) is 0 Å². The smallest absolute Gasteiger partial charge is 0.408 e. The molecular formula is C47H73N7O10. The Morgan fingerprint density at radius 2 is 1.05 bits per heavy atom. The van der Waals surface area contributed by atoms with E-state index in [1.54, 1.807) is 90.1 Å². The average Bonchev–Trinajstić information content (AvgIpc) is 3.20. The highest BCUT2D eigenvalue weighted by Gasteiger charge is 2.28. The van der Waals surface area contributed by atoms with Crippen molar-refractivity contribution in [3.63, 3.8) is 0 Å². The largest absolute Gasteiger partial charge is 0.494 e. The molecule has 64 heavy (non-hydrogen) atoms. The third kappa shape index (κ3) is 21.2. The number of carbonyl (C=O) groups is 4. The van der Waals surface area contributed by atoms with Crippen LogP contribution in [-0.4, -0.2) is 96.8 Å². The van der Waals surface area contributed by atoms with Crippen LogP contribution in [0, 0.1) is 17.8 Å². The molecule has 3 rings (SSSR count). The van der Waals surface area contributed by atoms with Crippen LogP contribution in [-0.2, 0) is 28.7 Å². The van der Waals surface area contributed by atoms with Gasteiger partial charge in [0, 0.05) is 17.7 Å². The summed E-state index contributed by atoms with van der Waals surface area (Å²) in [7, 11) is 0. The zero-order chi connectivity index (χ0) is 47.5. The van der Waals surface area contributed by atoms with Crippen LogP contribution in [0.4, 0.5) is 9.59 Å². The predicted octanol–water partition coefficient (Wildman–Crippen LogP) is 7.23. The van der Waals surface area contributed by atoms with Crippen LogP contribution in [0.1, 0.15) is 125 Å². The lowest BCUT2D eigenvalue weighted by atomic mass is 9.92. The lowest BCUT2D eigenvalue weighted by Gasteiger charge is -2.32. The van der Waals surface area contributed by atoms with E-state index in [2.05, 4.69) is 25.8 Å². The van der Waals surface area contributed by atoms with Crippen molar-refractivity contribution in [3.05, 3.63) is 59.7 Å². The molecule has 1 fully saturated rings. The van der Waals surface area contributed by atoms with Crippen molar-refractivity contribution in [2.45, 2.75) is 137 Å². The second-order valence-electron chi connectivity index (χ2n) is 19.0. The molecule has 1 saturated heterocycles. The third-order valence-electron chi connectivity index (χ3n) is 9.75. The SMILES string of the molecule is CC(C)C[C@H](NC(=O)OC(C)(C)C)C(=O)ON=C(N)c1ccc(OCCCC2CCN(CCCOc3ccc(C(N)=NOC(=O)[C@H](CC(C)C)NC(=O)OC(C)(C)C)cc3)CC2)cc1. The van der Waals surface area contributed by atoms with Gasteiger partial charge < -0.3 is 55.6 Å². The standard InChI is InChI=1S/C47H73N7O10/c1-31(2)29-38(50-44(57)61-46(5,6)7)42(55)63-52-40(48)34-14-18-36(19-15-34)59-27-11-13-33-22-25-54(26-23-33)24-12-28-60-37-20-16-35(17-21-37)41(49)53-64-43(56)39(30-32(3)4)51-45(58)62-47(8,9)10/h14-21,31-33,38-39H,11-13,22-30H2,1-10H3,(H2,48,52)(H2,49,53)(H,50,57)(H,51,58)/t38-,39-/m0/s1. The Balaban J connectivity index is 1.31. The van der Waals surface area contributed by atoms with Crippen LogP contribution in [0.3, 0.4) is 0 Å². The van der Waals surface area contributed by atoms with E-state index >= 15 is 0 Å². The number of hydrogen-bond donors (Lipinski definition) is 4. The molecule has 0 aromatic heterocycles. The molecule has 0 radical (unpaired) electrons. The summed E-state index contributed by atoms with van der Waals surface area (Å²) in [6.45, 7) is 22.4. The Labute approximate surface area is 379 Å². The second-order valence-corrected chi connectivity index (χ2v) is 19.0. The van der Waals surface area contributed by atoms with Gasteiger partial charge in [0.25, 0.3) is 0 Å². The van der Waals surface area contributed by atoms with Crippen molar-refractivity contribution in [1.82, 2.24) is 15.5 Å². The number of carbonyl (C=O) groups excluding carboxylic acids is 4. The number of oxime groups is 2. The van der Waals surface area contributed by atoms with Gasteiger partial charge in [-0.25, -0.2) is 19.2 Å². The molecular weight excluding hydrogens is 823 g/mol. The van der Waals surface area contributed by atoms with Gasteiger partial charge >= 0.3 is 24.1 Å². The Morgan fingerprint density at radius 3 is 1.42 bits per heavy atom. The van der Waals surface area contributed by atoms with Gasteiger partial charge in [-0.05, 0) is 166 Å². The maximum atomic E-state index is 12.7. The number of alkyl carbamates (subject to hydrolysis) is 2. The minimum Gasteiger partial charge on any atom is -0.494 e. The van der Waals surface area contributed by atoms with Crippen molar-refractivity contribution in [1.29, 1.82) is 0 Å². The van der Waals surface area contributed by atoms with E-state index in [0.717, 1.165) is 51.7 Å². The van der Waals surface area contributed by atoms with Crippen molar-refractivity contribution >= 4 is 35.8 Å². The predicted molar refractivity (Wildman–Crippen MR) is 246 cm³/mol. The van der Waals surface area contributed by atoms with Gasteiger partial charge in [-0.1, -0.05) is 38.0 Å². The molecule has 17 heteroatoms.